The maximum absolute atomic E-state index is 9.56. The van der Waals surface area contributed by atoms with Gasteiger partial charge in [0, 0.05) is 11.8 Å². The first kappa shape index (κ1) is 10.8. The van der Waals surface area contributed by atoms with E-state index in [1.165, 1.54) is 0 Å². The highest BCUT2D eigenvalue weighted by Gasteiger charge is 2.14. The number of rotatable bonds is 0. The van der Waals surface area contributed by atoms with Crippen molar-refractivity contribution in [2.45, 2.75) is 6.92 Å². The van der Waals surface area contributed by atoms with Crippen LogP contribution in [0, 0.1) is 6.92 Å². The molecule has 1 heterocycles. The van der Waals surface area contributed by atoms with Crippen molar-refractivity contribution in [2.24, 2.45) is 7.05 Å². The van der Waals surface area contributed by atoms with E-state index >= 15 is 0 Å². The number of aryl methyl sites for hydroxylation is 2. The van der Waals surface area contributed by atoms with Crippen molar-refractivity contribution in [3.05, 3.63) is 35.9 Å². The van der Waals surface area contributed by atoms with Gasteiger partial charge in [0.1, 0.15) is 23.8 Å². The molecule has 3 rings (SSSR count). The molecule has 3 aromatic rings. The van der Waals surface area contributed by atoms with Crippen molar-refractivity contribution in [1.29, 1.82) is 0 Å². The number of aromatic hydroxyl groups is 1. The standard InChI is InChI=1S/C14H13N3O/c1-8-5-12-14(7-10(8)15)17(2)13-6-9(18)3-4-11(13)16-12/h3-7H,1-2H3,(H2,15,18)/p+1. The van der Waals surface area contributed by atoms with Gasteiger partial charge in [-0.3, -0.25) is 0 Å². The summed E-state index contributed by atoms with van der Waals surface area (Å²) in [6, 6.07) is 9.07. The number of benzene rings is 2. The molecule has 90 valence electrons. The highest BCUT2D eigenvalue weighted by molar-refractivity contribution is 5.84. The van der Waals surface area contributed by atoms with Crippen LogP contribution in [0.15, 0.2) is 30.3 Å². The molecule has 4 heteroatoms. The molecular formula is C14H14N3O+. The van der Waals surface area contributed by atoms with Crippen molar-refractivity contribution >= 4 is 27.8 Å². The van der Waals surface area contributed by atoms with Gasteiger partial charge >= 0.3 is 0 Å². The highest BCUT2D eigenvalue weighted by atomic mass is 16.3. The van der Waals surface area contributed by atoms with E-state index in [9.17, 15) is 5.11 Å². The summed E-state index contributed by atoms with van der Waals surface area (Å²) in [4.78, 5) is 4.59. The fourth-order valence-electron chi connectivity index (χ4n) is 2.19. The van der Waals surface area contributed by atoms with Crippen LogP contribution in [-0.4, -0.2) is 10.1 Å². The zero-order valence-corrected chi connectivity index (χ0v) is 10.3. The van der Waals surface area contributed by atoms with E-state index in [0.717, 1.165) is 33.3 Å². The molecule has 2 aromatic carbocycles. The predicted molar refractivity (Wildman–Crippen MR) is 71.2 cm³/mol. The average molecular weight is 240 g/mol. The first-order valence-electron chi connectivity index (χ1n) is 5.75. The van der Waals surface area contributed by atoms with Gasteiger partial charge in [0.25, 0.3) is 0 Å². The summed E-state index contributed by atoms with van der Waals surface area (Å²) in [6.45, 7) is 1.97. The second-order valence-electron chi connectivity index (χ2n) is 4.54. The van der Waals surface area contributed by atoms with Crippen molar-refractivity contribution in [2.75, 3.05) is 5.73 Å². The Kier molecular flexibility index (Phi) is 2.13. The summed E-state index contributed by atoms with van der Waals surface area (Å²) in [7, 11) is 1.94. The largest absolute Gasteiger partial charge is 0.508 e. The zero-order valence-electron chi connectivity index (χ0n) is 10.3. The van der Waals surface area contributed by atoms with Gasteiger partial charge in [-0.25, -0.2) is 4.98 Å². The van der Waals surface area contributed by atoms with E-state index in [2.05, 4.69) is 4.98 Å². The van der Waals surface area contributed by atoms with Crippen LogP contribution in [0.4, 0.5) is 5.69 Å². The molecule has 0 fully saturated rings. The van der Waals surface area contributed by atoms with E-state index < -0.39 is 0 Å². The fraction of sp³-hybridized carbons (Fsp3) is 0.143. The predicted octanol–water partition coefficient (Wildman–Crippen LogP) is 1.81. The Morgan fingerprint density at radius 1 is 1.11 bits per heavy atom. The Labute approximate surface area is 104 Å². The molecule has 0 amide bonds. The maximum atomic E-state index is 9.56. The summed E-state index contributed by atoms with van der Waals surface area (Å²) >= 11 is 0. The summed E-state index contributed by atoms with van der Waals surface area (Å²) in [5.74, 6) is 0.235. The van der Waals surface area contributed by atoms with Crippen LogP contribution in [0.3, 0.4) is 0 Å². The second-order valence-corrected chi connectivity index (χ2v) is 4.54. The smallest absolute Gasteiger partial charge is 0.235 e. The molecular weight excluding hydrogens is 226 g/mol. The number of hydrogen-bond acceptors (Lipinski definition) is 3. The highest BCUT2D eigenvalue weighted by Crippen LogP contribution is 2.21. The number of fused-ring (bicyclic) bond motifs is 2. The number of hydrogen-bond donors (Lipinski definition) is 2. The lowest BCUT2D eigenvalue weighted by Crippen LogP contribution is -2.30. The van der Waals surface area contributed by atoms with Gasteiger partial charge in [0.05, 0.1) is 6.07 Å². The molecule has 0 aliphatic heterocycles. The van der Waals surface area contributed by atoms with Gasteiger partial charge in [-0.1, -0.05) is 0 Å². The number of nitrogens with zero attached hydrogens (tertiary/aromatic N) is 2. The Morgan fingerprint density at radius 2 is 1.83 bits per heavy atom. The lowest BCUT2D eigenvalue weighted by molar-refractivity contribution is -0.617. The molecule has 18 heavy (non-hydrogen) atoms. The van der Waals surface area contributed by atoms with Gasteiger partial charge in [0.15, 0.2) is 0 Å². The third kappa shape index (κ3) is 1.46. The summed E-state index contributed by atoms with van der Waals surface area (Å²) in [5, 5.41) is 9.56. The number of phenolic OH excluding ortho intramolecular Hbond substituents is 1. The first-order chi connectivity index (χ1) is 8.56. The van der Waals surface area contributed by atoms with Crippen molar-refractivity contribution in [3.63, 3.8) is 0 Å². The van der Waals surface area contributed by atoms with E-state index in [-0.39, 0.29) is 5.75 Å². The lowest BCUT2D eigenvalue weighted by Gasteiger charge is -2.04. The van der Waals surface area contributed by atoms with Crippen LogP contribution in [0.5, 0.6) is 5.75 Å². The molecule has 4 nitrogen and oxygen atoms in total. The minimum atomic E-state index is 0.235. The summed E-state index contributed by atoms with van der Waals surface area (Å²) in [5.41, 5.74) is 11.3. The number of nitrogen functional groups attached to an aromatic ring is 1. The van der Waals surface area contributed by atoms with Crippen LogP contribution in [0.25, 0.3) is 22.1 Å². The lowest BCUT2D eigenvalue weighted by atomic mass is 10.1. The van der Waals surface area contributed by atoms with Gasteiger partial charge in [-0.05, 0) is 30.7 Å². The molecule has 3 N–H and O–H groups in total. The molecule has 0 spiro atoms. The third-order valence-corrected chi connectivity index (χ3v) is 3.29. The number of nitrogens with two attached hydrogens (primary N) is 1. The zero-order chi connectivity index (χ0) is 12.9. The van der Waals surface area contributed by atoms with E-state index in [4.69, 9.17) is 5.73 Å². The Bertz CT molecular complexity index is 781. The first-order valence-corrected chi connectivity index (χ1v) is 5.75. The Balaban J connectivity index is 2.52. The Morgan fingerprint density at radius 3 is 2.61 bits per heavy atom. The van der Waals surface area contributed by atoms with Crippen molar-refractivity contribution < 1.29 is 9.67 Å². The monoisotopic (exact) mass is 240 g/mol. The molecule has 0 radical (unpaired) electrons. The minimum Gasteiger partial charge on any atom is -0.508 e. The van der Waals surface area contributed by atoms with Crippen LogP contribution in [0.2, 0.25) is 0 Å². The number of anilines is 1. The molecule has 0 atom stereocenters. The van der Waals surface area contributed by atoms with Crippen molar-refractivity contribution in [3.8, 4) is 5.75 Å². The quantitative estimate of drug-likeness (QED) is 0.358. The van der Waals surface area contributed by atoms with Crippen LogP contribution < -0.4 is 10.3 Å². The molecule has 0 saturated heterocycles. The van der Waals surface area contributed by atoms with Gasteiger partial charge < -0.3 is 10.8 Å². The number of phenols is 1. The van der Waals surface area contributed by atoms with Crippen molar-refractivity contribution in [1.82, 2.24) is 4.98 Å². The van der Waals surface area contributed by atoms with Gasteiger partial charge in [-0.15, -0.1) is 0 Å². The molecule has 1 aromatic heterocycles. The average Bonchev–Trinajstić information content (AvgIpc) is 2.33. The number of aromatic nitrogens is 2. The van der Waals surface area contributed by atoms with E-state index in [0.29, 0.717) is 0 Å². The van der Waals surface area contributed by atoms with E-state index in [1.807, 2.05) is 36.7 Å². The minimum absolute atomic E-state index is 0.235. The molecule has 0 aliphatic carbocycles. The van der Waals surface area contributed by atoms with Gasteiger partial charge in [-0.2, -0.15) is 4.57 Å². The third-order valence-electron chi connectivity index (χ3n) is 3.29. The fourth-order valence-corrected chi connectivity index (χ4v) is 2.19. The maximum Gasteiger partial charge on any atom is 0.235 e. The molecule has 0 bridgehead atoms. The Hall–Kier alpha value is -2.36. The molecule has 0 unspecified atom stereocenters. The second kappa shape index (κ2) is 3.57. The van der Waals surface area contributed by atoms with Crippen LogP contribution in [0.1, 0.15) is 5.56 Å². The van der Waals surface area contributed by atoms with Gasteiger partial charge in [0.2, 0.25) is 11.0 Å². The topological polar surface area (TPSA) is 63.0 Å². The normalized spacial score (nSPS) is 11.2. The summed E-state index contributed by atoms with van der Waals surface area (Å²) in [6.07, 6.45) is 0. The molecule has 0 aliphatic rings. The van der Waals surface area contributed by atoms with E-state index in [1.54, 1.807) is 12.1 Å². The summed E-state index contributed by atoms with van der Waals surface area (Å²) < 4.78 is 1.99. The SMILES string of the molecule is Cc1cc2nc3ccc(O)cc3[n+](C)c2cc1N. The van der Waals surface area contributed by atoms with Crippen LogP contribution in [-0.2, 0) is 7.05 Å². The van der Waals surface area contributed by atoms with Crippen LogP contribution >= 0.6 is 0 Å². The molecule has 0 saturated carbocycles.